The summed E-state index contributed by atoms with van der Waals surface area (Å²) in [6.07, 6.45) is 8.37. The molecule has 0 fully saturated rings. The zero-order chi connectivity index (χ0) is 8.53. The summed E-state index contributed by atoms with van der Waals surface area (Å²) in [6, 6.07) is 0. The second-order valence-corrected chi connectivity index (χ2v) is 2.84. The molecule has 3 heteroatoms. The third-order valence-electron chi connectivity index (χ3n) is 0.725. The Bertz CT molecular complexity index is 148. The van der Waals surface area contributed by atoms with E-state index in [4.69, 9.17) is 15.5 Å². The number of rotatable bonds is 6. The second-order valence-electron chi connectivity index (χ2n) is 1.56. The lowest BCUT2D eigenvalue weighted by Gasteiger charge is -2.07. The largest absolute Gasteiger partial charge is 0.320 e. The lowest BCUT2D eigenvalue weighted by molar-refractivity contribution is 0.300. The summed E-state index contributed by atoms with van der Waals surface area (Å²) >= 11 is 0. The molecule has 0 saturated carbocycles. The van der Waals surface area contributed by atoms with E-state index >= 15 is 0 Å². The minimum atomic E-state index is -1.18. The van der Waals surface area contributed by atoms with Gasteiger partial charge >= 0.3 is 0 Å². The van der Waals surface area contributed by atoms with Gasteiger partial charge in [-0.15, -0.1) is 19.6 Å². The van der Waals surface area contributed by atoms with E-state index in [2.05, 4.69) is 18.8 Å². The van der Waals surface area contributed by atoms with Crippen LogP contribution in [0.15, 0.2) is 25.3 Å². The van der Waals surface area contributed by atoms with E-state index < -0.39 is 8.38 Å². The number of hydrogen-bond acceptors (Lipinski definition) is 2. The van der Waals surface area contributed by atoms with Gasteiger partial charge in [-0.2, -0.15) is 0 Å². The van der Waals surface area contributed by atoms with Gasteiger partial charge in [0.2, 0.25) is 0 Å². The monoisotopic (exact) mass is 170 g/mol. The molecule has 0 unspecified atom stereocenters. The van der Waals surface area contributed by atoms with Crippen molar-refractivity contribution in [3.8, 4) is 12.1 Å². The van der Waals surface area contributed by atoms with Crippen molar-refractivity contribution in [3.05, 3.63) is 25.3 Å². The second kappa shape index (κ2) is 7.50. The maximum Gasteiger partial charge on any atom is 0.257 e. The highest BCUT2D eigenvalue weighted by Crippen LogP contribution is 2.35. The molecule has 0 aromatic carbocycles. The van der Waals surface area contributed by atoms with Crippen LogP contribution in [0.1, 0.15) is 0 Å². The fourth-order valence-electron chi connectivity index (χ4n) is 0.353. The third-order valence-corrected chi connectivity index (χ3v) is 1.70. The molecule has 0 saturated heterocycles. The molecule has 0 rings (SSSR count). The van der Waals surface area contributed by atoms with E-state index in [-0.39, 0.29) is 0 Å². The molecule has 2 nitrogen and oxygen atoms in total. The van der Waals surface area contributed by atoms with Gasteiger partial charge in [-0.25, -0.2) is 0 Å². The maximum atomic E-state index is 5.11. The highest BCUT2D eigenvalue weighted by Gasteiger charge is 2.02. The predicted octanol–water partition coefficient (Wildman–Crippen LogP) is 2.29. The van der Waals surface area contributed by atoms with Crippen LogP contribution in [0.2, 0.25) is 0 Å². The molecule has 0 aliphatic heterocycles. The van der Waals surface area contributed by atoms with Crippen LogP contribution in [0.25, 0.3) is 0 Å². The first-order valence-electron chi connectivity index (χ1n) is 3.09. The van der Waals surface area contributed by atoms with Crippen LogP contribution in [0.3, 0.4) is 0 Å². The lowest BCUT2D eigenvalue weighted by Crippen LogP contribution is -1.88. The zero-order valence-electron chi connectivity index (χ0n) is 6.32. The van der Waals surface area contributed by atoms with Gasteiger partial charge < -0.3 is 9.05 Å². The Kier molecular flexibility index (Phi) is 7.08. The minimum absolute atomic E-state index is 0.424. The van der Waals surface area contributed by atoms with Crippen LogP contribution in [-0.4, -0.2) is 13.2 Å². The Hall–Kier alpha value is -0.610. The Morgan fingerprint density at radius 3 is 2.00 bits per heavy atom. The molecule has 0 aromatic heterocycles. The Morgan fingerprint density at radius 1 is 1.27 bits per heavy atom. The fraction of sp³-hybridized carbons (Fsp3) is 0.250. The average Bonchev–Trinajstić information content (AvgIpc) is 2.05. The van der Waals surface area contributed by atoms with Crippen molar-refractivity contribution < 1.29 is 9.05 Å². The van der Waals surface area contributed by atoms with Gasteiger partial charge in [0.25, 0.3) is 8.38 Å². The highest BCUT2D eigenvalue weighted by atomic mass is 31.2. The zero-order valence-corrected chi connectivity index (χ0v) is 7.22. The van der Waals surface area contributed by atoms with Gasteiger partial charge in [0.05, 0.1) is 13.2 Å². The first-order valence-corrected chi connectivity index (χ1v) is 4.27. The molecule has 0 radical (unpaired) electrons. The summed E-state index contributed by atoms with van der Waals surface area (Å²) in [4.78, 5) is 0. The normalized spacial score (nSPS) is 9.09. The number of terminal acetylenes is 1. The molecule has 0 heterocycles. The molecule has 60 valence electrons. The van der Waals surface area contributed by atoms with Gasteiger partial charge in [-0.3, -0.25) is 0 Å². The molecule has 0 spiro atoms. The molecule has 0 aliphatic rings. The molecular weight excluding hydrogens is 159 g/mol. The Morgan fingerprint density at radius 2 is 1.73 bits per heavy atom. The quantitative estimate of drug-likeness (QED) is 0.346. The summed E-state index contributed by atoms with van der Waals surface area (Å²) in [6.45, 7) is 7.82. The van der Waals surface area contributed by atoms with Crippen LogP contribution in [0, 0.1) is 12.1 Å². The summed E-state index contributed by atoms with van der Waals surface area (Å²) < 4.78 is 10.2. The Balaban J connectivity index is 3.50. The van der Waals surface area contributed by atoms with Crippen molar-refractivity contribution in [3.63, 3.8) is 0 Å². The van der Waals surface area contributed by atoms with Crippen LogP contribution in [0.5, 0.6) is 0 Å². The van der Waals surface area contributed by atoms with Gasteiger partial charge in [0.15, 0.2) is 0 Å². The predicted molar refractivity (Wildman–Crippen MR) is 48.1 cm³/mol. The SMILES string of the molecule is C#CP(OCC=C)OCC=C. The van der Waals surface area contributed by atoms with Crippen molar-refractivity contribution in [1.82, 2.24) is 0 Å². The van der Waals surface area contributed by atoms with Crippen molar-refractivity contribution >= 4 is 8.38 Å². The maximum absolute atomic E-state index is 5.11. The van der Waals surface area contributed by atoms with Crippen molar-refractivity contribution in [2.24, 2.45) is 0 Å². The van der Waals surface area contributed by atoms with Crippen molar-refractivity contribution in [1.29, 1.82) is 0 Å². The minimum Gasteiger partial charge on any atom is -0.320 e. The van der Waals surface area contributed by atoms with E-state index in [1.54, 1.807) is 12.2 Å². The molecule has 0 aliphatic carbocycles. The molecule has 0 atom stereocenters. The average molecular weight is 170 g/mol. The summed E-state index contributed by atoms with van der Waals surface area (Å²) in [5.74, 6) is 0. The molecular formula is C8H11O2P. The topological polar surface area (TPSA) is 18.5 Å². The molecule has 0 N–H and O–H groups in total. The van der Waals surface area contributed by atoms with Gasteiger partial charge in [-0.05, 0) is 5.66 Å². The molecule has 0 aromatic rings. The highest BCUT2D eigenvalue weighted by molar-refractivity contribution is 7.52. The van der Waals surface area contributed by atoms with Crippen molar-refractivity contribution in [2.75, 3.05) is 13.2 Å². The summed E-state index contributed by atoms with van der Waals surface area (Å²) in [7, 11) is -1.18. The molecule has 0 amide bonds. The van der Waals surface area contributed by atoms with Gasteiger partial charge in [-0.1, -0.05) is 12.2 Å². The third kappa shape index (κ3) is 5.82. The summed E-state index contributed by atoms with van der Waals surface area (Å²) in [5.41, 5.74) is 2.40. The van der Waals surface area contributed by atoms with E-state index in [1.807, 2.05) is 0 Å². The van der Waals surface area contributed by atoms with Gasteiger partial charge in [0, 0.05) is 0 Å². The van der Waals surface area contributed by atoms with E-state index in [9.17, 15) is 0 Å². The lowest BCUT2D eigenvalue weighted by atomic mass is 10.7. The Labute approximate surface area is 68.8 Å². The smallest absolute Gasteiger partial charge is 0.257 e. The first-order chi connectivity index (χ1) is 5.35. The summed E-state index contributed by atoms with van der Waals surface area (Å²) in [5, 5.41) is 0. The molecule has 0 bridgehead atoms. The first kappa shape index (κ1) is 10.4. The van der Waals surface area contributed by atoms with Crippen LogP contribution >= 0.6 is 8.38 Å². The van der Waals surface area contributed by atoms with E-state index in [1.165, 1.54) is 0 Å². The van der Waals surface area contributed by atoms with E-state index in [0.29, 0.717) is 13.2 Å². The van der Waals surface area contributed by atoms with Crippen LogP contribution in [-0.2, 0) is 9.05 Å². The van der Waals surface area contributed by atoms with E-state index in [0.717, 1.165) is 0 Å². The molecule has 11 heavy (non-hydrogen) atoms. The standard InChI is InChI=1S/C8H11O2P/c1-4-7-9-11(6-3)10-8-5-2/h3-5H,1-2,7-8H2. The fourth-order valence-corrected chi connectivity index (χ4v) is 1.06. The number of hydrogen-bond donors (Lipinski definition) is 0. The van der Waals surface area contributed by atoms with Crippen molar-refractivity contribution in [2.45, 2.75) is 0 Å². The van der Waals surface area contributed by atoms with Crippen LogP contribution in [0.4, 0.5) is 0 Å². The van der Waals surface area contributed by atoms with Crippen LogP contribution < -0.4 is 0 Å². The van der Waals surface area contributed by atoms with Gasteiger partial charge in [0.1, 0.15) is 0 Å².